The Morgan fingerprint density at radius 2 is 1.97 bits per heavy atom. The first-order valence-corrected chi connectivity index (χ1v) is 9.99. The summed E-state index contributed by atoms with van der Waals surface area (Å²) in [5.41, 5.74) is 2.48. The number of halogens is 1. The van der Waals surface area contributed by atoms with E-state index in [0.717, 1.165) is 17.1 Å². The summed E-state index contributed by atoms with van der Waals surface area (Å²) in [7, 11) is 1.39. The zero-order valence-electron chi connectivity index (χ0n) is 17.1. The van der Waals surface area contributed by atoms with Crippen molar-refractivity contribution in [3.8, 4) is 23.0 Å². The van der Waals surface area contributed by atoms with Crippen LogP contribution >= 0.6 is 0 Å². The van der Waals surface area contributed by atoms with Gasteiger partial charge in [-0.15, -0.1) is 0 Å². The lowest BCUT2D eigenvalue weighted by atomic mass is 10.0. The number of anilines is 1. The van der Waals surface area contributed by atoms with Crippen LogP contribution in [0.25, 0.3) is 0 Å². The lowest BCUT2D eigenvalue weighted by Gasteiger charge is -2.31. The molecule has 2 atom stereocenters. The van der Waals surface area contributed by atoms with Crippen LogP contribution in [0.3, 0.4) is 0 Å². The smallest absolute Gasteiger partial charge is 0.194 e. The van der Waals surface area contributed by atoms with E-state index >= 15 is 0 Å². The molecule has 0 spiro atoms. The van der Waals surface area contributed by atoms with Crippen LogP contribution < -0.4 is 19.5 Å². The van der Waals surface area contributed by atoms with E-state index in [9.17, 15) is 9.50 Å². The number of nitrogens with zero attached hydrogens (tertiary/aromatic N) is 2. The Labute approximate surface area is 179 Å². The van der Waals surface area contributed by atoms with E-state index in [-0.39, 0.29) is 11.9 Å². The Morgan fingerprint density at radius 3 is 2.77 bits per heavy atom. The molecule has 0 saturated heterocycles. The number of allylic oxidation sites excluding steroid dienone is 2. The number of aromatic hydroxyl groups is 1. The number of fused-ring (bicyclic) bond motifs is 2. The number of aliphatic imine (C=N–C) groups is 1. The first-order valence-electron chi connectivity index (χ1n) is 9.99. The molecule has 8 heteroatoms. The monoisotopic (exact) mass is 423 g/mol. The van der Waals surface area contributed by atoms with Crippen LogP contribution in [0.15, 0.2) is 59.2 Å². The van der Waals surface area contributed by atoms with Crippen molar-refractivity contribution in [1.29, 1.82) is 0 Å². The zero-order valence-corrected chi connectivity index (χ0v) is 17.1. The quantitative estimate of drug-likeness (QED) is 0.775. The second-order valence-electron chi connectivity index (χ2n) is 7.55. The van der Waals surface area contributed by atoms with Crippen LogP contribution in [0.4, 0.5) is 10.1 Å². The maximum Gasteiger partial charge on any atom is 0.194 e. The molecule has 3 aliphatic rings. The summed E-state index contributed by atoms with van der Waals surface area (Å²) in [6.45, 7) is 3.03. The van der Waals surface area contributed by atoms with E-state index < -0.39 is 17.6 Å². The van der Waals surface area contributed by atoms with Crippen molar-refractivity contribution in [1.82, 2.24) is 4.90 Å². The average Bonchev–Trinajstić information content (AvgIpc) is 3.13. The molecular formula is C23H22FN3O4. The van der Waals surface area contributed by atoms with E-state index in [1.54, 1.807) is 6.07 Å². The van der Waals surface area contributed by atoms with Crippen molar-refractivity contribution in [2.24, 2.45) is 4.99 Å². The average molecular weight is 423 g/mol. The molecule has 31 heavy (non-hydrogen) atoms. The van der Waals surface area contributed by atoms with E-state index in [1.165, 1.54) is 13.2 Å². The number of phenolic OH excluding ortho intramolecular Hbond substituents is 1. The standard InChI is InChI=1S/C23H22FN3O4/c1-13-3-6-20-26-21(14-9-16(24)22(28)19(10-14)29-2)23(27(20)12-13)25-15-4-5-17-18(11-15)31-8-7-30-17/h3-6,9-12,21,23,25,28H,7-8H2,1-2H3. The first kappa shape index (κ1) is 19.3. The molecule has 2 aromatic rings. The number of nitrogens with one attached hydrogen (secondary N) is 1. The number of ether oxygens (including phenoxy) is 3. The number of rotatable bonds is 4. The maximum absolute atomic E-state index is 14.4. The van der Waals surface area contributed by atoms with Crippen molar-refractivity contribution < 1.29 is 23.7 Å². The lowest BCUT2D eigenvalue weighted by molar-refractivity contribution is 0.171. The highest BCUT2D eigenvalue weighted by molar-refractivity contribution is 5.97. The van der Waals surface area contributed by atoms with Gasteiger partial charge in [-0.2, -0.15) is 0 Å². The molecule has 160 valence electrons. The number of hydrogen-bond donors (Lipinski definition) is 2. The normalized spacial score (nSPS) is 21.3. The third-order valence-electron chi connectivity index (χ3n) is 5.44. The van der Waals surface area contributed by atoms with Gasteiger partial charge in [0.05, 0.1) is 7.11 Å². The summed E-state index contributed by atoms with van der Waals surface area (Å²) in [5, 5.41) is 13.4. The van der Waals surface area contributed by atoms with Gasteiger partial charge in [-0.05, 0) is 48.4 Å². The SMILES string of the molecule is COc1cc(C2N=C3C=CC(C)=CN3C2Nc2ccc3c(c2)OCCO3)cc(F)c1O. The molecule has 3 heterocycles. The van der Waals surface area contributed by atoms with E-state index in [2.05, 4.69) is 5.32 Å². The van der Waals surface area contributed by atoms with Gasteiger partial charge in [-0.1, -0.05) is 6.08 Å². The van der Waals surface area contributed by atoms with Crippen molar-refractivity contribution in [3.05, 3.63) is 65.6 Å². The second-order valence-corrected chi connectivity index (χ2v) is 7.55. The highest BCUT2D eigenvalue weighted by atomic mass is 19.1. The molecule has 0 aromatic heterocycles. The van der Waals surface area contributed by atoms with Crippen LogP contribution in [0.5, 0.6) is 23.0 Å². The van der Waals surface area contributed by atoms with Crippen molar-refractivity contribution in [2.75, 3.05) is 25.6 Å². The first-order chi connectivity index (χ1) is 15.0. The molecule has 7 nitrogen and oxygen atoms in total. The summed E-state index contributed by atoms with van der Waals surface area (Å²) in [6.07, 6.45) is 5.59. The summed E-state index contributed by atoms with van der Waals surface area (Å²) >= 11 is 0. The zero-order chi connectivity index (χ0) is 21.5. The summed E-state index contributed by atoms with van der Waals surface area (Å²) in [6, 6.07) is 8.13. The molecular weight excluding hydrogens is 401 g/mol. The molecule has 0 aliphatic carbocycles. The molecule has 0 fully saturated rings. The van der Waals surface area contributed by atoms with Crippen LogP contribution in [0.1, 0.15) is 18.5 Å². The largest absolute Gasteiger partial charge is 0.502 e. The molecule has 2 unspecified atom stereocenters. The minimum absolute atomic E-state index is 0.0698. The fourth-order valence-corrected chi connectivity index (χ4v) is 3.95. The van der Waals surface area contributed by atoms with Gasteiger partial charge in [0.25, 0.3) is 0 Å². The number of amidine groups is 1. The van der Waals surface area contributed by atoms with Gasteiger partial charge in [0.15, 0.2) is 28.8 Å². The third kappa shape index (κ3) is 3.43. The number of phenols is 1. The highest BCUT2D eigenvalue weighted by Gasteiger charge is 2.37. The van der Waals surface area contributed by atoms with Gasteiger partial charge < -0.3 is 29.5 Å². The summed E-state index contributed by atoms with van der Waals surface area (Å²) in [4.78, 5) is 6.84. The van der Waals surface area contributed by atoms with Crippen molar-refractivity contribution in [2.45, 2.75) is 19.1 Å². The minimum Gasteiger partial charge on any atom is -0.502 e. The predicted molar refractivity (Wildman–Crippen MR) is 114 cm³/mol. The van der Waals surface area contributed by atoms with Crippen LogP contribution in [-0.2, 0) is 0 Å². The van der Waals surface area contributed by atoms with Crippen molar-refractivity contribution in [3.63, 3.8) is 0 Å². The van der Waals surface area contributed by atoms with Gasteiger partial charge in [-0.25, -0.2) is 4.39 Å². The van der Waals surface area contributed by atoms with Crippen LogP contribution in [-0.4, -0.2) is 42.3 Å². The fourth-order valence-electron chi connectivity index (χ4n) is 3.95. The third-order valence-corrected chi connectivity index (χ3v) is 5.44. The van der Waals surface area contributed by atoms with Crippen molar-refractivity contribution >= 4 is 11.5 Å². The molecule has 0 bridgehead atoms. The van der Waals surface area contributed by atoms with Gasteiger partial charge >= 0.3 is 0 Å². The summed E-state index contributed by atoms with van der Waals surface area (Å²) < 4.78 is 30.8. The number of methoxy groups -OCH3 is 1. The Balaban J connectivity index is 1.53. The highest BCUT2D eigenvalue weighted by Crippen LogP contribution is 2.40. The van der Waals surface area contributed by atoms with Gasteiger partial charge in [0.2, 0.25) is 0 Å². The Morgan fingerprint density at radius 1 is 1.16 bits per heavy atom. The Hall–Kier alpha value is -3.68. The van der Waals surface area contributed by atoms with Gasteiger partial charge in [0.1, 0.15) is 31.3 Å². The molecule has 5 rings (SSSR count). The maximum atomic E-state index is 14.4. The molecule has 0 radical (unpaired) electrons. The van der Waals surface area contributed by atoms with E-state index in [4.69, 9.17) is 19.2 Å². The second kappa shape index (κ2) is 7.54. The Kier molecular flexibility index (Phi) is 4.69. The number of benzene rings is 2. The minimum atomic E-state index is -0.750. The molecule has 0 amide bonds. The summed E-state index contributed by atoms with van der Waals surface area (Å²) in [5.74, 6) is 0.952. The van der Waals surface area contributed by atoms with Crippen LogP contribution in [0.2, 0.25) is 0 Å². The van der Waals surface area contributed by atoms with Gasteiger partial charge in [-0.3, -0.25) is 4.99 Å². The number of hydrogen-bond acceptors (Lipinski definition) is 7. The van der Waals surface area contributed by atoms with E-state index in [1.807, 2.05) is 48.4 Å². The molecule has 0 saturated carbocycles. The molecule has 2 N–H and O–H groups in total. The van der Waals surface area contributed by atoms with Crippen LogP contribution in [0, 0.1) is 5.82 Å². The molecule has 3 aliphatic heterocycles. The van der Waals surface area contributed by atoms with Gasteiger partial charge in [0, 0.05) is 18.0 Å². The fraction of sp³-hybridized carbons (Fsp3) is 0.261. The Bertz CT molecular complexity index is 1130. The topological polar surface area (TPSA) is 75.6 Å². The lowest BCUT2D eigenvalue weighted by Crippen LogP contribution is -2.39. The predicted octanol–water partition coefficient (Wildman–Crippen LogP) is 3.98. The molecule has 2 aromatic carbocycles. The van der Waals surface area contributed by atoms with E-state index in [0.29, 0.717) is 30.3 Å².